The summed E-state index contributed by atoms with van der Waals surface area (Å²) in [5.41, 5.74) is 1.30. The molecule has 1 aliphatic rings. The van der Waals surface area contributed by atoms with Crippen molar-refractivity contribution >= 4 is 50.7 Å². The van der Waals surface area contributed by atoms with Gasteiger partial charge in [-0.05, 0) is 29.8 Å². The van der Waals surface area contributed by atoms with Gasteiger partial charge in [-0.2, -0.15) is 0 Å². The van der Waals surface area contributed by atoms with Gasteiger partial charge in [-0.15, -0.1) is 0 Å². The SMILES string of the molecule is COc1cc(/C(O)=C2\C(=O)C(=O)N(c3cccc(Br)c3)C2c2ccccc2)c(OC)cc1Cl. The number of halogens is 2. The van der Waals surface area contributed by atoms with Gasteiger partial charge in [0.2, 0.25) is 0 Å². The molecule has 0 aliphatic carbocycles. The van der Waals surface area contributed by atoms with Crippen molar-refractivity contribution in [2.45, 2.75) is 6.04 Å². The summed E-state index contributed by atoms with van der Waals surface area (Å²) >= 11 is 9.62. The molecule has 0 aromatic heterocycles. The molecule has 1 fully saturated rings. The molecule has 33 heavy (non-hydrogen) atoms. The third kappa shape index (κ3) is 4.10. The molecule has 1 saturated heterocycles. The van der Waals surface area contributed by atoms with Crippen molar-refractivity contribution in [1.29, 1.82) is 0 Å². The highest BCUT2D eigenvalue weighted by Gasteiger charge is 2.47. The first kappa shape index (κ1) is 22.9. The van der Waals surface area contributed by atoms with E-state index >= 15 is 0 Å². The van der Waals surface area contributed by atoms with Gasteiger partial charge in [0.05, 0.1) is 36.4 Å². The molecule has 0 radical (unpaired) electrons. The minimum atomic E-state index is -0.855. The Hall–Kier alpha value is -3.29. The van der Waals surface area contributed by atoms with Crippen LogP contribution in [0.3, 0.4) is 0 Å². The number of hydrogen-bond donors (Lipinski definition) is 1. The van der Waals surface area contributed by atoms with E-state index in [4.69, 9.17) is 21.1 Å². The van der Waals surface area contributed by atoms with E-state index in [-0.39, 0.29) is 33.4 Å². The number of amides is 1. The Morgan fingerprint density at radius 2 is 1.67 bits per heavy atom. The molecule has 3 aromatic carbocycles. The number of ketones is 1. The molecule has 8 heteroatoms. The van der Waals surface area contributed by atoms with E-state index in [1.165, 1.54) is 31.3 Å². The first-order valence-corrected chi connectivity index (χ1v) is 11.1. The Kier molecular flexibility index (Phi) is 6.44. The zero-order valence-corrected chi connectivity index (χ0v) is 20.1. The average molecular weight is 529 g/mol. The van der Waals surface area contributed by atoms with Crippen LogP contribution in [0.25, 0.3) is 5.76 Å². The normalized spacial score (nSPS) is 17.3. The van der Waals surface area contributed by atoms with Gasteiger partial charge in [-0.3, -0.25) is 14.5 Å². The highest BCUT2D eigenvalue weighted by Crippen LogP contribution is 2.44. The largest absolute Gasteiger partial charge is 0.507 e. The van der Waals surface area contributed by atoms with Crippen molar-refractivity contribution in [3.8, 4) is 11.5 Å². The number of aliphatic hydroxyl groups is 1. The summed E-state index contributed by atoms with van der Waals surface area (Å²) in [6.07, 6.45) is 0. The average Bonchev–Trinajstić information content (AvgIpc) is 3.09. The van der Waals surface area contributed by atoms with Gasteiger partial charge in [0.25, 0.3) is 11.7 Å². The standard InChI is InChI=1S/C25H19BrClNO5/c1-32-19-13-18(27)20(33-2)12-17(19)23(29)21-22(14-7-4-3-5-8-14)28(25(31)24(21)30)16-10-6-9-15(26)11-16/h3-13,22,29H,1-2H3/b23-21+. The van der Waals surface area contributed by atoms with E-state index in [0.717, 1.165) is 4.47 Å². The van der Waals surface area contributed by atoms with Crippen LogP contribution in [0.4, 0.5) is 5.69 Å². The number of carbonyl (C=O) groups excluding carboxylic acids is 2. The van der Waals surface area contributed by atoms with E-state index in [9.17, 15) is 14.7 Å². The molecule has 1 aliphatic heterocycles. The number of Topliss-reactive ketones (excluding diaryl/α,β-unsaturated/α-hetero) is 1. The van der Waals surface area contributed by atoms with Crippen molar-refractivity contribution < 1.29 is 24.2 Å². The minimum absolute atomic E-state index is 0.0612. The summed E-state index contributed by atoms with van der Waals surface area (Å²) in [5.74, 6) is -1.41. The maximum atomic E-state index is 13.3. The fourth-order valence-electron chi connectivity index (χ4n) is 3.87. The van der Waals surface area contributed by atoms with Crippen LogP contribution in [0.5, 0.6) is 11.5 Å². The highest BCUT2D eigenvalue weighted by atomic mass is 79.9. The first-order chi connectivity index (χ1) is 15.9. The summed E-state index contributed by atoms with van der Waals surface area (Å²) in [6.45, 7) is 0. The van der Waals surface area contributed by atoms with Crippen LogP contribution < -0.4 is 14.4 Å². The molecule has 1 unspecified atom stereocenters. The van der Waals surface area contributed by atoms with Crippen molar-refractivity contribution in [1.82, 2.24) is 0 Å². The lowest BCUT2D eigenvalue weighted by Crippen LogP contribution is -2.29. The van der Waals surface area contributed by atoms with E-state index < -0.39 is 17.7 Å². The van der Waals surface area contributed by atoms with Crippen LogP contribution >= 0.6 is 27.5 Å². The maximum Gasteiger partial charge on any atom is 0.300 e. The molecule has 0 spiro atoms. The second-order valence-corrected chi connectivity index (χ2v) is 8.57. The van der Waals surface area contributed by atoms with Crippen molar-refractivity contribution in [3.63, 3.8) is 0 Å². The lowest BCUT2D eigenvalue weighted by Gasteiger charge is -2.25. The molecule has 1 N–H and O–H groups in total. The van der Waals surface area contributed by atoms with E-state index in [0.29, 0.717) is 11.3 Å². The Bertz CT molecular complexity index is 1280. The van der Waals surface area contributed by atoms with Crippen molar-refractivity contribution in [3.05, 3.63) is 92.9 Å². The molecular formula is C25H19BrClNO5. The highest BCUT2D eigenvalue weighted by molar-refractivity contribution is 9.10. The number of carbonyl (C=O) groups is 2. The van der Waals surface area contributed by atoms with Crippen molar-refractivity contribution in [2.75, 3.05) is 19.1 Å². The lowest BCUT2D eigenvalue weighted by molar-refractivity contribution is -0.132. The molecule has 1 heterocycles. The summed E-state index contributed by atoms with van der Waals surface area (Å²) in [6, 6.07) is 18.2. The third-order valence-electron chi connectivity index (χ3n) is 5.38. The number of ether oxygens (including phenoxy) is 2. The Morgan fingerprint density at radius 1 is 0.970 bits per heavy atom. The van der Waals surface area contributed by atoms with E-state index in [2.05, 4.69) is 15.9 Å². The maximum absolute atomic E-state index is 13.3. The van der Waals surface area contributed by atoms with Crippen LogP contribution in [0.15, 0.2) is 76.8 Å². The summed E-state index contributed by atoms with van der Waals surface area (Å²) in [5, 5.41) is 11.7. The number of nitrogens with zero attached hydrogens (tertiary/aromatic N) is 1. The predicted molar refractivity (Wildman–Crippen MR) is 130 cm³/mol. The Balaban J connectivity index is 1.99. The molecule has 4 rings (SSSR count). The number of hydrogen-bond acceptors (Lipinski definition) is 5. The second-order valence-electron chi connectivity index (χ2n) is 7.25. The number of methoxy groups -OCH3 is 2. The van der Waals surface area contributed by atoms with E-state index in [1.54, 1.807) is 30.3 Å². The van der Waals surface area contributed by atoms with Gasteiger partial charge in [-0.1, -0.05) is 63.9 Å². The Labute approximate surface area is 204 Å². The molecule has 1 amide bonds. The number of benzene rings is 3. The van der Waals surface area contributed by atoms with E-state index in [1.807, 2.05) is 24.3 Å². The summed E-state index contributed by atoms with van der Waals surface area (Å²) in [7, 11) is 2.86. The summed E-state index contributed by atoms with van der Waals surface area (Å²) in [4.78, 5) is 27.9. The number of anilines is 1. The quantitative estimate of drug-likeness (QED) is 0.259. The topological polar surface area (TPSA) is 76.1 Å². The minimum Gasteiger partial charge on any atom is -0.507 e. The third-order valence-corrected chi connectivity index (χ3v) is 6.16. The Morgan fingerprint density at radius 3 is 2.30 bits per heavy atom. The van der Waals surface area contributed by atoms with Crippen molar-refractivity contribution in [2.24, 2.45) is 0 Å². The summed E-state index contributed by atoms with van der Waals surface area (Å²) < 4.78 is 11.4. The number of aliphatic hydroxyl groups excluding tert-OH is 1. The molecule has 1 atom stereocenters. The first-order valence-electron chi connectivity index (χ1n) is 9.90. The molecule has 0 saturated carbocycles. The molecule has 6 nitrogen and oxygen atoms in total. The molecular weight excluding hydrogens is 510 g/mol. The molecule has 168 valence electrons. The van der Waals surface area contributed by atoms with Crippen LogP contribution in [0.2, 0.25) is 5.02 Å². The zero-order valence-electron chi connectivity index (χ0n) is 17.7. The molecule has 3 aromatic rings. The second kappa shape index (κ2) is 9.29. The smallest absolute Gasteiger partial charge is 0.300 e. The van der Waals surface area contributed by atoms with Gasteiger partial charge < -0.3 is 14.6 Å². The van der Waals surface area contributed by atoms with Gasteiger partial charge in [0, 0.05) is 16.2 Å². The fourth-order valence-corrected chi connectivity index (χ4v) is 4.48. The lowest BCUT2D eigenvalue weighted by atomic mass is 9.94. The monoisotopic (exact) mass is 527 g/mol. The van der Waals surface area contributed by atoms with Crippen LogP contribution in [-0.2, 0) is 9.59 Å². The van der Waals surface area contributed by atoms with Gasteiger partial charge in [0.1, 0.15) is 17.3 Å². The van der Waals surface area contributed by atoms with Gasteiger partial charge in [0.15, 0.2) is 0 Å². The van der Waals surface area contributed by atoms with Crippen LogP contribution in [-0.4, -0.2) is 31.0 Å². The molecule has 0 bridgehead atoms. The predicted octanol–water partition coefficient (Wildman–Crippen LogP) is 5.75. The van der Waals surface area contributed by atoms with Crippen LogP contribution in [0.1, 0.15) is 17.2 Å². The van der Waals surface area contributed by atoms with Crippen LogP contribution in [0, 0.1) is 0 Å². The van der Waals surface area contributed by atoms with Gasteiger partial charge in [-0.25, -0.2) is 0 Å². The zero-order chi connectivity index (χ0) is 23.7. The fraction of sp³-hybridized carbons (Fsp3) is 0.120. The van der Waals surface area contributed by atoms with Gasteiger partial charge >= 0.3 is 0 Å². The number of rotatable bonds is 5.